The van der Waals surface area contributed by atoms with E-state index in [4.69, 9.17) is 4.74 Å². The van der Waals surface area contributed by atoms with E-state index in [0.717, 1.165) is 42.7 Å². The largest absolute Gasteiger partial charge is 0.490 e. The van der Waals surface area contributed by atoms with Crippen molar-refractivity contribution in [1.82, 2.24) is 15.6 Å². The van der Waals surface area contributed by atoms with Gasteiger partial charge in [0.25, 0.3) is 5.69 Å². The Balaban J connectivity index is 1.41. The zero-order valence-electron chi connectivity index (χ0n) is 21.0. The molecule has 2 aromatic rings. The van der Waals surface area contributed by atoms with E-state index in [9.17, 15) is 9.30 Å². The number of nitrogens with zero attached hydrogens (tertiary/aromatic N) is 2. The molecule has 1 aliphatic carbocycles. The van der Waals surface area contributed by atoms with Gasteiger partial charge in [-0.2, -0.15) is 5.10 Å². The van der Waals surface area contributed by atoms with E-state index < -0.39 is 5.82 Å². The lowest BCUT2D eigenvalue weighted by Crippen LogP contribution is -2.16. The SMILES string of the molecule is C=C(/C(=C\C=C/CC)OC1CCC(c2cc(Nc3ccc4c(c3F)CN[N+]4=O)n[nH]2)C1)C(C)(C)C. The number of hydrogen-bond donors (Lipinski definition) is 3. The van der Waals surface area contributed by atoms with Gasteiger partial charge in [0.15, 0.2) is 16.5 Å². The molecule has 2 heterocycles. The van der Waals surface area contributed by atoms with E-state index in [1.165, 1.54) is 0 Å². The highest BCUT2D eigenvalue weighted by Crippen LogP contribution is 2.39. The molecular weight excluding hydrogens is 445 g/mol. The third kappa shape index (κ3) is 5.47. The average molecular weight is 481 g/mol. The van der Waals surface area contributed by atoms with Crippen molar-refractivity contribution >= 4 is 17.2 Å². The second-order valence-electron chi connectivity index (χ2n) is 10.2. The van der Waals surface area contributed by atoms with Crippen molar-refractivity contribution in [2.45, 2.75) is 71.9 Å². The topological polar surface area (TPSA) is 82.0 Å². The van der Waals surface area contributed by atoms with E-state index in [1.807, 2.05) is 18.2 Å². The predicted molar refractivity (Wildman–Crippen MR) is 136 cm³/mol. The maximum absolute atomic E-state index is 14.8. The second kappa shape index (κ2) is 10.1. The minimum Gasteiger partial charge on any atom is -0.490 e. The van der Waals surface area contributed by atoms with E-state index in [1.54, 1.807) is 12.1 Å². The lowest BCUT2D eigenvalue weighted by Gasteiger charge is -2.26. The highest BCUT2D eigenvalue weighted by Gasteiger charge is 2.33. The molecule has 7 nitrogen and oxygen atoms in total. The number of benzene rings is 1. The molecule has 1 aromatic carbocycles. The number of nitroso groups, excluding NO2 is 1. The van der Waals surface area contributed by atoms with Crippen LogP contribution in [0, 0.1) is 16.1 Å². The van der Waals surface area contributed by atoms with Crippen molar-refractivity contribution in [2.75, 3.05) is 5.32 Å². The van der Waals surface area contributed by atoms with Crippen molar-refractivity contribution < 1.29 is 14.0 Å². The smallest absolute Gasteiger partial charge is 0.300 e. The number of nitrogens with one attached hydrogen (secondary N) is 3. The first kappa shape index (κ1) is 24.7. The number of H-pyrrole nitrogens is 1. The predicted octanol–water partition coefficient (Wildman–Crippen LogP) is 6.83. The molecule has 186 valence electrons. The highest BCUT2D eigenvalue weighted by molar-refractivity contribution is 5.62. The summed E-state index contributed by atoms with van der Waals surface area (Å²) in [5.74, 6) is 1.22. The molecule has 2 aliphatic rings. The van der Waals surface area contributed by atoms with Crippen LogP contribution in [-0.2, 0) is 11.3 Å². The van der Waals surface area contributed by atoms with Gasteiger partial charge in [0.1, 0.15) is 12.3 Å². The first-order chi connectivity index (χ1) is 16.7. The number of aromatic nitrogens is 2. The van der Waals surface area contributed by atoms with Gasteiger partial charge in [-0.05, 0) is 48.8 Å². The molecule has 1 fully saturated rings. The molecular formula is C27H35FN5O2+. The Labute approximate surface area is 206 Å². The van der Waals surface area contributed by atoms with Gasteiger partial charge < -0.3 is 10.1 Å². The Bertz CT molecular complexity index is 1170. The molecule has 3 N–H and O–H groups in total. The number of hydrazine groups is 1. The fourth-order valence-electron chi connectivity index (χ4n) is 4.43. The summed E-state index contributed by atoms with van der Waals surface area (Å²) in [5.41, 5.74) is 5.43. The van der Waals surface area contributed by atoms with Gasteiger partial charge in [-0.25, -0.2) is 4.39 Å². The molecule has 2 atom stereocenters. The molecule has 1 aromatic heterocycles. The van der Waals surface area contributed by atoms with E-state index in [0.29, 0.717) is 27.6 Å². The highest BCUT2D eigenvalue weighted by atomic mass is 19.1. The van der Waals surface area contributed by atoms with Crippen LogP contribution in [0.3, 0.4) is 0 Å². The summed E-state index contributed by atoms with van der Waals surface area (Å²) in [6.45, 7) is 13.0. The zero-order chi connectivity index (χ0) is 25.2. The molecule has 0 amide bonds. The minimum atomic E-state index is -0.442. The average Bonchev–Trinajstić information content (AvgIpc) is 3.55. The van der Waals surface area contributed by atoms with Crippen molar-refractivity contribution in [3.63, 3.8) is 0 Å². The minimum absolute atomic E-state index is 0.0806. The number of aromatic amines is 1. The van der Waals surface area contributed by atoms with Gasteiger partial charge in [-0.15, -0.1) is 5.43 Å². The van der Waals surface area contributed by atoms with Gasteiger partial charge in [0.05, 0.1) is 22.3 Å². The quantitative estimate of drug-likeness (QED) is 0.219. The van der Waals surface area contributed by atoms with Crippen LogP contribution in [0.4, 0.5) is 21.6 Å². The van der Waals surface area contributed by atoms with E-state index in [-0.39, 0.29) is 24.0 Å². The lowest BCUT2D eigenvalue weighted by molar-refractivity contribution is -0.519. The molecule has 0 spiro atoms. The number of hydrogen-bond acceptors (Lipinski definition) is 4. The molecule has 0 bridgehead atoms. The Morgan fingerprint density at radius 2 is 2.17 bits per heavy atom. The summed E-state index contributed by atoms with van der Waals surface area (Å²) in [7, 11) is 0. The summed E-state index contributed by atoms with van der Waals surface area (Å²) < 4.78 is 21.3. The number of halogens is 1. The summed E-state index contributed by atoms with van der Waals surface area (Å²) >= 11 is 0. The van der Waals surface area contributed by atoms with Crippen LogP contribution in [0.5, 0.6) is 0 Å². The maximum atomic E-state index is 14.8. The van der Waals surface area contributed by atoms with Crippen LogP contribution in [0.15, 0.2) is 54.3 Å². The number of allylic oxidation sites excluding steroid dienone is 4. The third-order valence-electron chi connectivity index (χ3n) is 6.64. The summed E-state index contributed by atoms with van der Waals surface area (Å²) in [6.07, 6.45) is 10.0. The van der Waals surface area contributed by atoms with Crippen LogP contribution < -0.4 is 10.7 Å². The second-order valence-corrected chi connectivity index (χ2v) is 10.2. The van der Waals surface area contributed by atoms with Gasteiger partial charge in [-0.1, -0.05) is 46.4 Å². The van der Waals surface area contributed by atoms with Crippen molar-refractivity contribution in [3.8, 4) is 0 Å². The van der Waals surface area contributed by atoms with Crippen LogP contribution in [0.25, 0.3) is 0 Å². The van der Waals surface area contributed by atoms with Crippen molar-refractivity contribution in [1.29, 1.82) is 0 Å². The van der Waals surface area contributed by atoms with Crippen molar-refractivity contribution in [2.24, 2.45) is 5.41 Å². The Kier molecular flexibility index (Phi) is 7.10. The normalized spacial score (nSPS) is 20.3. The summed E-state index contributed by atoms with van der Waals surface area (Å²) in [6, 6.07) is 5.09. The summed E-state index contributed by atoms with van der Waals surface area (Å²) in [5, 5.41) is 10.5. The number of fused-ring (bicyclic) bond motifs is 1. The van der Waals surface area contributed by atoms with Crippen molar-refractivity contribution in [3.05, 3.63) is 76.3 Å². The first-order valence-electron chi connectivity index (χ1n) is 12.2. The Morgan fingerprint density at radius 3 is 2.91 bits per heavy atom. The molecule has 2 unspecified atom stereocenters. The fourth-order valence-corrected chi connectivity index (χ4v) is 4.43. The summed E-state index contributed by atoms with van der Waals surface area (Å²) in [4.78, 5) is 12.3. The van der Waals surface area contributed by atoms with Gasteiger partial charge >= 0.3 is 0 Å². The number of rotatable bonds is 8. The number of ether oxygens (including phenoxy) is 1. The van der Waals surface area contributed by atoms with Gasteiger partial charge in [0, 0.05) is 23.7 Å². The molecule has 0 saturated heterocycles. The number of anilines is 2. The fraction of sp³-hybridized carbons (Fsp3) is 0.444. The molecule has 1 saturated carbocycles. The molecule has 8 heteroatoms. The molecule has 35 heavy (non-hydrogen) atoms. The first-order valence-corrected chi connectivity index (χ1v) is 12.2. The standard InChI is InChI=1S/C27H35FN5O2/c1-6-7-8-9-24(17(2)27(3,4)5)35-19-11-10-18(14-19)22-15-25(32-31-22)30-21-12-13-23-20(26(21)28)16-29-33(23)34/h7-9,12-13,15,18-19H,2,6,10-11,14,16H2,1,3-5H3,(H,29,34)(H2,30,31,32)/q+1/b8-7-,24-9+. The van der Waals surface area contributed by atoms with E-state index >= 15 is 0 Å². The van der Waals surface area contributed by atoms with Gasteiger partial charge in [-0.3, -0.25) is 5.10 Å². The van der Waals surface area contributed by atoms with Crippen LogP contribution in [-0.4, -0.2) is 21.2 Å². The monoisotopic (exact) mass is 480 g/mol. The van der Waals surface area contributed by atoms with E-state index in [2.05, 4.69) is 61.3 Å². The third-order valence-corrected chi connectivity index (χ3v) is 6.64. The van der Waals surface area contributed by atoms with Crippen LogP contribution in [0.1, 0.15) is 70.6 Å². The molecule has 4 rings (SSSR count). The lowest BCUT2D eigenvalue weighted by atomic mass is 9.86. The van der Waals surface area contributed by atoms with Crippen LogP contribution >= 0.6 is 0 Å². The zero-order valence-corrected chi connectivity index (χ0v) is 21.0. The molecule has 1 aliphatic heterocycles. The Morgan fingerprint density at radius 1 is 1.37 bits per heavy atom. The maximum Gasteiger partial charge on any atom is 0.300 e. The molecule has 0 radical (unpaired) electrons. The Hall–Kier alpha value is -3.42. The van der Waals surface area contributed by atoms with Gasteiger partial charge in [0.2, 0.25) is 0 Å². The van der Waals surface area contributed by atoms with Crippen LogP contribution in [0.2, 0.25) is 0 Å².